The molecule has 0 aliphatic carbocycles. The van der Waals surface area contributed by atoms with Crippen LogP contribution in [0.15, 0.2) is 35.5 Å². The number of carbonyl (C=O) groups excluding carboxylic acids is 1. The van der Waals surface area contributed by atoms with Gasteiger partial charge in [0.15, 0.2) is 5.11 Å². The van der Waals surface area contributed by atoms with Crippen LogP contribution >= 0.6 is 12.2 Å². The van der Waals surface area contributed by atoms with Crippen molar-refractivity contribution in [2.45, 2.75) is 13.0 Å². The van der Waals surface area contributed by atoms with Crippen LogP contribution < -0.4 is 10.6 Å². The smallest absolute Gasteiger partial charge is 0.338 e. The summed E-state index contributed by atoms with van der Waals surface area (Å²) in [6.45, 7) is 2.22. The number of methoxy groups -OCH3 is 1. The number of hydrogen-bond acceptors (Lipinski definition) is 5. The minimum Gasteiger partial charge on any atom is -0.508 e. The first-order valence-electron chi connectivity index (χ1n) is 6.76. The van der Waals surface area contributed by atoms with E-state index >= 15 is 0 Å². The molecule has 0 bridgehead atoms. The van der Waals surface area contributed by atoms with E-state index in [4.69, 9.17) is 21.7 Å². The van der Waals surface area contributed by atoms with Crippen molar-refractivity contribution in [3.63, 3.8) is 0 Å². The molecule has 1 aliphatic heterocycles. The Morgan fingerprint density at radius 3 is 2.77 bits per heavy atom. The number of nitrogens with one attached hydrogen (secondary N) is 2. The number of allylic oxidation sites excluding steroid dienone is 1. The van der Waals surface area contributed by atoms with Crippen molar-refractivity contribution in [3.05, 3.63) is 41.1 Å². The Kier molecular flexibility index (Phi) is 5.35. The van der Waals surface area contributed by atoms with Crippen LogP contribution in [0.25, 0.3) is 0 Å². The summed E-state index contributed by atoms with van der Waals surface area (Å²) < 4.78 is 10.1. The van der Waals surface area contributed by atoms with Crippen molar-refractivity contribution in [1.29, 1.82) is 0 Å². The van der Waals surface area contributed by atoms with Crippen LogP contribution in [0.1, 0.15) is 18.5 Å². The Labute approximate surface area is 134 Å². The zero-order valence-corrected chi connectivity index (χ0v) is 13.2. The van der Waals surface area contributed by atoms with E-state index in [0.717, 1.165) is 0 Å². The summed E-state index contributed by atoms with van der Waals surface area (Å²) >= 11 is 5.14. The van der Waals surface area contributed by atoms with Crippen LogP contribution in [0, 0.1) is 0 Å². The molecule has 22 heavy (non-hydrogen) atoms. The maximum atomic E-state index is 12.3. The van der Waals surface area contributed by atoms with E-state index in [1.165, 1.54) is 7.11 Å². The van der Waals surface area contributed by atoms with Gasteiger partial charge in [-0.05, 0) is 25.2 Å². The predicted molar refractivity (Wildman–Crippen MR) is 85.3 cm³/mol. The van der Waals surface area contributed by atoms with E-state index < -0.39 is 12.0 Å². The van der Waals surface area contributed by atoms with E-state index in [-0.39, 0.29) is 12.4 Å². The molecular formula is C15H18N2O4S. The maximum absolute atomic E-state index is 12.3. The molecule has 1 heterocycles. The lowest BCUT2D eigenvalue weighted by Gasteiger charge is -2.30. The first kappa shape index (κ1) is 16.3. The summed E-state index contributed by atoms with van der Waals surface area (Å²) in [5.74, 6) is -0.398. The minimum absolute atomic E-state index is 0.0830. The second-order valence-corrected chi connectivity index (χ2v) is 5.17. The molecule has 0 radical (unpaired) electrons. The highest BCUT2D eigenvalue weighted by Crippen LogP contribution is 2.32. The van der Waals surface area contributed by atoms with Crippen molar-refractivity contribution in [2.75, 3.05) is 20.3 Å². The Balaban J connectivity index is 2.33. The van der Waals surface area contributed by atoms with Crippen molar-refractivity contribution in [3.8, 4) is 5.75 Å². The van der Waals surface area contributed by atoms with Crippen molar-refractivity contribution < 1.29 is 19.4 Å². The molecule has 0 unspecified atom stereocenters. The van der Waals surface area contributed by atoms with Crippen molar-refractivity contribution in [2.24, 2.45) is 0 Å². The fraction of sp³-hybridized carbons (Fsp3) is 0.333. The second-order valence-electron chi connectivity index (χ2n) is 4.76. The van der Waals surface area contributed by atoms with Gasteiger partial charge in [-0.25, -0.2) is 4.79 Å². The van der Waals surface area contributed by atoms with E-state index in [0.29, 0.717) is 28.6 Å². The zero-order valence-electron chi connectivity index (χ0n) is 12.4. The number of thiocarbonyl (C=S) groups is 1. The van der Waals surface area contributed by atoms with E-state index in [1.54, 1.807) is 31.2 Å². The molecule has 6 nitrogen and oxygen atoms in total. The van der Waals surface area contributed by atoms with E-state index in [1.807, 2.05) is 0 Å². The lowest BCUT2D eigenvalue weighted by Crippen LogP contribution is -2.45. The average Bonchev–Trinajstić information content (AvgIpc) is 2.47. The summed E-state index contributed by atoms with van der Waals surface area (Å²) in [5.41, 5.74) is 1.54. The molecule has 1 atom stereocenters. The second kappa shape index (κ2) is 7.24. The number of ether oxygens (including phenoxy) is 2. The Bertz CT molecular complexity index is 615. The summed E-state index contributed by atoms with van der Waals surface area (Å²) in [7, 11) is 1.53. The van der Waals surface area contributed by atoms with Gasteiger partial charge in [-0.3, -0.25) is 0 Å². The average molecular weight is 322 g/mol. The molecule has 0 aromatic heterocycles. The molecule has 0 saturated carbocycles. The molecule has 2 rings (SSSR count). The quantitative estimate of drug-likeness (QED) is 0.429. The van der Waals surface area contributed by atoms with Crippen molar-refractivity contribution in [1.82, 2.24) is 10.6 Å². The van der Waals surface area contributed by atoms with Crippen LogP contribution in [0.4, 0.5) is 0 Å². The molecular weight excluding hydrogens is 304 g/mol. The van der Waals surface area contributed by atoms with E-state index in [9.17, 15) is 9.90 Å². The largest absolute Gasteiger partial charge is 0.508 e. The zero-order chi connectivity index (χ0) is 16.1. The first-order chi connectivity index (χ1) is 10.5. The molecule has 0 fully saturated rings. The van der Waals surface area contributed by atoms with Crippen LogP contribution in [-0.4, -0.2) is 36.5 Å². The lowest BCUT2D eigenvalue weighted by molar-refractivity contribution is -0.140. The van der Waals surface area contributed by atoms with Crippen LogP contribution in [0.5, 0.6) is 5.75 Å². The highest BCUT2D eigenvalue weighted by Gasteiger charge is 2.32. The molecule has 3 N–H and O–H groups in total. The normalized spacial score (nSPS) is 17.7. The summed E-state index contributed by atoms with van der Waals surface area (Å²) in [6, 6.07) is 6.23. The van der Waals surface area contributed by atoms with Gasteiger partial charge in [0, 0.05) is 18.4 Å². The SMILES string of the molecule is COCCOC(=O)C1=C(C)NC(=S)N[C@@H]1c1ccccc1O. The van der Waals surface area contributed by atoms with Gasteiger partial charge in [-0.15, -0.1) is 0 Å². The maximum Gasteiger partial charge on any atom is 0.338 e. The van der Waals surface area contributed by atoms with Gasteiger partial charge < -0.3 is 25.2 Å². The van der Waals surface area contributed by atoms with Gasteiger partial charge in [0.1, 0.15) is 12.4 Å². The number of para-hydroxylation sites is 1. The van der Waals surface area contributed by atoms with Crippen molar-refractivity contribution >= 4 is 23.3 Å². The number of phenols is 1. The fourth-order valence-corrected chi connectivity index (χ4v) is 2.50. The number of aromatic hydroxyl groups is 1. The third-order valence-corrected chi connectivity index (χ3v) is 3.48. The molecule has 118 valence electrons. The molecule has 1 aromatic carbocycles. The number of benzene rings is 1. The molecule has 7 heteroatoms. The highest BCUT2D eigenvalue weighted by atomic mass is 32.1. The van der Waals surface area contributed by atoms with Crippen LogP contribution in [0.2, 0.25) is 0 Å². The van der Waals surface area contributed by atoms with Gasteiger partial charge >= 0.3 is 5.97 Å². The Morgan fingerprint density at radius 2 is 2.09 bits per heavy atom. The summed E-state index contributed by atoms with van der Waals surface area (Å²) in [4.78, 5) is 12.3. The molecule has 1 aliphatic rings. The Morgan fingerprint density at radius 1 is 1.36 bits per heavy atom. The highest BCUT2D eigenvalue weighted by molar-refractivity contribution is 7.80. The molecule has 1 aromatic rings. The van der Waals surface area contributed by atoms with Gasteiger partial charge in [0.25, 0.3) is 0 Å². The third-order valence-electron chi connectivity index (χ3n) is 3.26. The number of hydrogen-bond donors (Lipinski definition) is 3. The molecule has 0 amide bonds. The standard InChI is InChI=1S/C15H18N2O4S/c1-9-12(14(19)21-8-7-20-2)13(17-15(22)16-9)10-5-3-4-6-11(10)18/h3-6,13,18H,7-8H2,1-2H3,(H2,16,17,22)/t13-/m1/s1. The number of esters is 1. The monoisotopic (exact) mass is 322 g/mol. The van der Waals surface area contributed by atoms with Crippen LogP contribution in [0.3, 0.4) is 0 Å². The van der Waals surface area contributed by atoms with Gasteiger partial charge in [0.05, 0.1) is 18.2 Å². The van der Waals surface area contributed by atoms with Gasteiger partial charge in [-0.1, -0.05) is 18.2 Å². The first-order valence-corrected chi connectivity index (χ1v) is 7.17. The number of phenolic OH excluding ortho intramolecular Hbond substituents is 1. The van der Waals surface area contributed by atoms with E-state index in [2.05, 4.69) is 10.6 Å². The third kappa shape index (κ3) is 3.55. The lowest BCUT2D eigenvalue weighted by atomic mass is 9.95. The fourth-order valence-electron chi connectivity index (χ4n) is 2.22. The number of rotatable bonds is 5. The molecule has 0 saturated heterocycles. The summed E-state index contributed by atoms with van der Waals surface area (Å²) in [6.07, 6.45) is 0. The van der Waals surface area contributed by atoms with Crippen LogP contribution in [-0.2, 0) is 14.3 Å². The number of carbonyl (C=O) groups is 1. The predicted octanol–water partition coefficient (Wildman–Crippen LogP) is 1.37. The summed E-state index contributed by atoms with van der Waals surface area (Å²) in [5, 5.41) is 16.3. The Hall–Kier alpha value is -2.12. The van der Waals surface area contributed by atoms with Gasteiger partial charge in [-0.2, -0.15) is 0 Å². The minimum atomic E-state index is -0.565. The topological polar surface area (TPSA) is 79.8 Å². The van der Waals surface area contributed by atoms with Gasteiger partial charge in [0.2, 0.25) is 0 Å². The molecule has 0 spiro atoms.